The smallest absolute Gasteiger partial charge is 0.463 e. The van der Waals surface area contributed by atoms with Crippen molar-refractivity contribution in [1.29, 1.82) is 0 Å². The van der Waals surface area contributed by atoms with Crippen molar-refractivity contribution >= 4 is 33.6 Å². The fourth-order valence-corrected chi connectivity index (χ4v) is 11.2. The lowest BCUT2D eigenvalue weighted by molar-refractivity contribution is -0.161. The van der Waals surface area contributed by atoms with Crippen LogP contribution in [0.3, 0.4) is 0 Å². The average Bonchev–Trinajstić information content (AvgIpc) is 2.67. The van der Waals surface area contributed by atoms with E-state index in [9.17, 15) is 43.5 Å². The van der Waals surface area contributed by atoms with Crippen molar-refractivity contribution in [2.75, 3.05) is 39.6 Å². The predicted octanol–water partition coefficient (Wildman–Crippen LogP) is 21.0. The van der Waals surface area contributed by atoms with E-state index in [1.54, 1.807) is 0 Å². The van der Waals surface area contributed by atoms with Crippen LogP contribution < -0.4 is 0 Å². The summed E-state index contributed by atoms with van der Waals surface area (Å²) in [5, 5.41) is 20.6. The zero-order valence-corrected chi connectivity index (χ0v) is 61.1. The summed E-state index contributed by atoms with van der Waals surface area (Å²) >= 11 is 0. The topological polar surface area (TPSA) is 231 Å². The zero-order chi connectivity index (χ0) is 69.5. The van der Waals surface area contributed by atoms with Gasteiger partial charge in [-0.3, -0.25) is 32.5 Å². The Hall–Kier alpha value is -4.05. The van der Waals surface area contributed by atoms with Crippen molar-refractivity contribution in [1.82, 2.24) is 0 Å². The molecule has 0 aliphatic carbocycles. The molecular weight excluding hydrogens is 1240 g/mol. The molecule has 16 nitrogen and oxygen atoms in total. The Labute approximate surface area is 576 Å². The number of hydrogen-bond acceptors (Lipinski definition) is 14. The monoisotopic (exact) mass is 1370 g/mol. The molecule has 546 valence electrons. The molecular formula is C77H132O16P2. The molecule has 0 aliphatic heterocycles. The molecule has 0 radical (unpaired) electrons. The third kappa shape index (κ3) is 71.1. The van der Waals surface area contributed by atoms with Gasteiger partial charge in [-0.05, 0) is 122 Å². The molecule has 0 bridgehead atoms. The molecule has 5 unspecified atom stereocenters. The largest absolute Gasteiger partial charge is 0.472 e. The Morgan fingerprint density at radius 2 is 0.558 bits per heavy atom. The van der Waals surface area contributed by atoms with Gasteiger partial charge >= 0.3 is 33.6 Å². The summed E-state index contributed by atoms with van der Waals surface area (Å²) in [6.45, 7) is 2.38. The quantitative estimate of drug-likeness (QED) is 0.0146. The highest BCUT2D eigenvalue weighted by Crippen LogP contribution is 2.45. The van der Waals surface area contributed by atoms with Crippen LogP contribution in [0.2, 0.25) is 0 Å². The molecule has 0 spiro atoms. The number of aliphatic hydroxyl groups is 2. The van der Waals surface area contributed by atoms with Crippen LogP contribution in [0.4, 0.5) is 0 Å². The van der Waals surface area contributed by atoms with Gasteiger partial charge in [0.2, 0.25) is 0 Å². The van der Waals surface area contributed by atoms with Crippen molar-refractivity contribution in [3.63, 3.8) is 0 Å². The molecule has 0 heterocycles. The van der Waals surface area contributed by atoms with Gasteiger partial charge in [-0.15, -0.1) is 0 Å². The number of allylic oxidation sites excluding steroid dienone is 20. The van der Waals surface area contributed by atoms with Crippen molar-refractivity contribution in [2.45, 2.75) is 309 Å². The van der Waals surface area contributed by atoms with Crippen LogP contribution in [0, 0.1) is 0 Å². The maximum atomic E-state index is 12.9. The molecule has 5 atom stereocenters. The van der Waals surface area contributed by atoms with E-state index >= 15 is 0 Å². The lowest BCUT2D eigenvalue weighted by Gasteiger charge is -2.21. The molecule has 0 saturated heterocycles. The standard InChI is InChI=1S/C77H132O16P2/c1-4-7-10-13-16-19-22-24-26-28-30-31-32-33-34-35-36-37-38-39-41-43-44-46-49-51-54-57-60-63-75(80)87-66-72(78)67-89-94(83,84)90-68-73(79)69-91-95(85,86)92-71-74(93-77(82)65-62-59-56-53-48-21-18-15-12-9-6-3)70-88-76(81)64-61-58-55-52-50-47-45-42-40-29-27-25-23-20-17-14-11-8-5-2/h7-8,10-11,15-20,24-27,30-31,33-34,40,42,72-74,78-79H,4-6,9,12-14,21-23,28-29,32,35-39,41,43-71H2,1-3H3,(H,83,84)(H,85,86)/b10-7-,11-8-,18-15-,19-16-,20-17-,26-24-,27-25-,31-30-,34-33-,42-40-. The summed E-state index contributed by atoms with van der Waals surface area (Å²) in [5.74, 6) is -1.60. The van der Waals surface area contributed by atoms with Crippen molar-refractivity contribution in [3.05, 3.63) is 122 Å². The lowest BCUT2D eigenvalue weighted by atomic mass is 10.0. The Bertz CT molecular complexity index is 2210. The van der Waals surface area contributed by atoms with Crippen LogP contribution in [0.1, 0.15) is 290 Å². The number of carbonyl (C=O) groups is 3. The summed E-state index contributed by atoms with van der Waals surface area (Å²) in [6.07, 6.45) is 81.2. The van der Waals surface area contributed by atoms with Gasteiger partial charge in [-0.25, -0.2) is 9.13 Å². The third-order valence-corrected chi connectivity index (χ3v) is 17.1. The van der Waals surface area contributed by atoms with Crippen LogP contribution in [0.5, 0.6) is 0 Å². The van der Waals surface area contributed by atoms with E-state index in [0.717, 1.165) is 161 Å². The average molecular weight is 1380 g/mol. The van der Waals surface area contributed by atoms with Crippen LogP contribution in [-0.2, 0) is 55.8 Å². The van der Waals surface area contributed by atoms with E-state index < -0.39 is 91.5 Å². The van der Waals surface area contributed by atoms with Crippen LogP contribution in [0.15, 0.2) is 122 Å². The van der Waals surface area contributed by atoms with E-state index in [-0.39, 0.29) is 19.3 Å². The third-order valence-electron chi connectivity index (χ3n) is 15.2. The van der Waals surface area contributed by atoms with Gasteiger partial charge in [0.25, 0.3) is 0 Å². The number of aliphatic hydroxyl groups excluding tert-OH is 2. The number of ether oxygens (including phenoxy) is 3. The van der Waals surface area contributed by atoms with Crippen molar-refractivity contribution < 1.29 is 75.8 Å². The second-order valence-corrected chi connectivity index (χ2v) is 27.2. The molecule has 95 heavy (non-hydrogen) atoms. The van der Waals surface area contributed by atoms with Gasteiger partial charge in [-0.1, -0.05) is 271 Å². The fourth-order valence-electron chi connectivity index (χ4n) is 9.57. The van der Waals surface area contributed by atoms with Crippen molar-refractivity contribution in [2.24, 2.45) is 0 Å². The molecule has 0 fully saturated rings. The molecule has 0 aromatic heterocycles. The maximum Gasteiger partial charge on any atom is 0.472 e. The van der Waals surface area contributed by atoms with Gasteiger partial charge < -0.3 is 34.2 Å². The zero-order valence-electron chi connectivity index (χ0n) is 59.3. The molecule has 0 amide bonds. The van der Waals surface area contributed by atoms with Crippen LogP contribution in [-0.4, -0.2) is 95.9 Å². The highest BCUT2D eigenvalue weighted by atomic mass is 31.2. The van der Waals surface area contributed by atoms with Crippen molar-refractivity contribution in [3.8, 4) is 0 Å². The van der Waals surface area contributed by atoms with E-state index in [4.69, 9.17) is 32.3 Å². The van der Waals surface area contributed by atoms with E-state index in [2.05, 4.69) is 142 Å². The Morgan fingerprint density at radius 3 is 0.895 bits per heavy atom. The summed E-state index contributed by atoms with van der Waals surface area (Å²) in [7, 11) is -9.78. The molecule has 0 aromatic carbocycles. The molecule has 0 rings (SSSR count). The molecule has 0 aromatic rings. The lowest BCUT2D eigenvalue weighted by Crippen LogP contribution is -2.30. The highest BCUT2D eigenvalue weighted by Gasteiger charge is 2.29. The number of unbranched alkanes of at least 4 members (excludes halogenated alkanes) is 26. The van der Waals surface area contributed by atoms with E-state index in [1.165, 1.54) is 70.6 Å². The first-order valence-electron chi connectivity index (χ1n) is 36.8. The minimum Gasteiger partial charge on any atom is -0.463 e. The van der Waals surface area contributed by atoms with E-state index in [0.29, 0.717) is 19.3 Å². The van der Waals surface area contributed by atoms with Crippen LogP contribution in [0.25, 0.3) is 0 Å². The number of carbonyl (C=O) groups excluding carboxylic acids is 3. The SMILES string of the molecule is CC/C=C\C/C=C\C/C=C\C/C=C\C/C=C\CCCCCCCCCCCCCCCC(=O)OCC(O)COP(=O)(O)OCC(O)COP(=O)(O)OCC(COC(=O)CCCCCCCC/C=C\C/C=C\C/C=C\C/C=C\CC)OC(=O)CCCCCCC/C=C\CCCC. The first kappa shape index (κ1) is 91.0. The highest BCUT2D eigenvalue weighted by molar-refractivity contribution is 7.47. The minimum atomic E-state index is -4.93. The number of phosphoric acid groups is 2. The molecule has 0 aliphatic rings. The number of esters is 3. The minimum absolute atomic E-state index is 0.0892. The van der Waals surface area contributed by atoms with Gasteiger partial charge in [0.15, 0.2) is 6.10 Å². The molecule has 18 heteroatoms. The predicted molar refractivity (Wildman–Crippen MR) is 390 cm³/mol. The van der Waals surface area contributed by atoms with E-state index in [1.807, 2.05) is 0 Å². The van der Waals surface area contributed by atoms with Gasteiger partial charge in [-0.2, -0.15) is 0 Å². The summed E-state index contributed by atoms with van der Waals surface area (Å²) in [4.78, 5) is 58.4. The summed E-state index contributed by atoms with van der Waals surface area (Å²) < 4.78 is 60.9. The number of phosphoric ester groups is 2. The first-order valence-corrected chi connectivity index (χ1v) is 39.8. The molecule has 0 saturated carbocycles. The maximum absolute atomic E-state index is 12.9. The normalized spacial score (nSPS) is 14.8. The summed E-state index contributed by atoms with van der Waals surface area (Å²) in [5.41, 5.74) is 0. The second kappa shape index (κ2) is 69.8. The van der Waals surface area contributed by atoms with Gasteiger partial charge in [0, 0.05) is 19.3 Å². The number of hydrogen-bond donors (Lipinski definition) is 4. The summed E-state index contributed by atoms with van der Waals surface area (Å²) in [6, 6.07) is 0. The molecule has 4 N–H and O–H groups in total. The second-order valence-electron chi connectivity index (χ2n) is 24.3. The van der Waals surface area contributed by atoms with Gasteiger partial charge in [0.1, 0.15) is 25.4 Å². The first-order chi connectivity index (χ1) is 46.2. The van der Waals surface area contributed by atoms with Gasteiger partial charge in [0.05, 0.1) is 26.4 Å². The number of rotatable bonds is 69. The Morgan fingerprint density at radius 1 is 0.305 bits per heavy atom. The van der Waals surface area contributed by atoms with Crippen LogP contribution >= 0.6 is 15.6 Å². The Kier molecular flexibility index (Phi) is 66.9. The fraction of sp³-hybridized carbons (Fsp3) is 0.701. The Balaban J connectivity index is 4.44.